The van der Waals surface area contributed by atoms with Gasteiger partial charge in [0.1, 0.15) is 30.8 Å². The van der Waals surface area contributed by atoms with Crippen molar-refractivity contribution >= 4 is 11.9 Å². The molecule has 0 bridgehead atoms. The van der Waals surface area contributed by atoms with Gasteiger partial charge in [-0.25, -0.2) is 18.4 Å². The second kappa shape index (κ2) is 8.50. The summed E-state index contributed by atoms with van der Waals surface area (Å²) in [5.41, 5.74) is -3.08. The van der Waals surface area contributed by atoms with Gasteiger partial charge in [-0.1, -0.05) is 0 Å². The van der Waals surface area contributed by atoms with E-state index in [2.05, 4.69) is 10.1 Å². The van der Waals surface area contributed by atoms with E-state index >= 15 is 0 Å². The van der Waals surface area contributed by atoms with Crippen LogP contribution in [-0.2, 0) is 27.9 Å². The number of rotatable bonds is 4. The van der Waals surface area contributed by atoms with Crippen molar-refractivity contribution in [2.45, 2.75) is 31.3 Å². The van der Waals surface area contributed by atoms with E-state index in [9.17, 15) is 31.5 Å². The zero-order valence-electron chi connectivity index (χ0n) is 17.6. The van der Waals surface area contributed by atoms with Gasteiger partial charge < -0.3 is 9.64 Å². The number of ether oxygens (including phenoxy) is 1. The maximum Gasteiger partial charge on any atom is 0.416 e. The van der Waals surface area contributed by atoms with Crippen LogP contribution in [0.4, 0.5) is 22.0 Å². The van der Waals surface area contributed by atoms with Gasteiger partial charge in [-0.3, -0.25) is 9.59 Å². The molecule has 1 aliphatic heterocycles. The average molecular weight is 480 g/mol. The molecule has 0 spiro atoms. The van der Waals surface area contributed by atoms with E-state index in [4.69, 9.17) is 4.74 Å². The molecule has 178 valence electrons. The Hall–Kier alpha value is -3.83. The minimum Gasteiger partial charge on any atom is -0.449 e. The minimum absolute atomic E-state index is 0.108. The maximum absolute atomic E-state index is 14.9. The van der Waals surface area contributed by atoms with Gasteiger partial charge in [0, 0.05) is 17.2 Å². The van der Waals surface area contributed by atoms with Gasteiger partial charge in [-0.15, -0.1) is 0 Å². The van der Waals surface area contributed by atoms with E-state index in [0.717, 1.165) is 41.3 Å². The zero-order valence-corrected chi connectivity index (χ0v) is 17.6. The third-order valence-electron chi connectivity index (χ3n) is 5.71. The molecule has 1 fully saturated rings. The van der Waals surface area contributed by atoms with Crippen LogP contribution >= 0.6 is 0 Å². The molecular weight excluding hydrogens is 463 g/mol. The molecule has 3 aromatic rings. The summed E-state index contributed by atoms with van der Waals surface area (Å²) >= 11 is 0. The SMILES string of the molecule is C[C@H]1N(C(=O)c2ccc(C(F)(F)F)cc2)CC(=O)O[C@@]1(Cn1cncn1)c1ccc(F)cc1F. The number of amides is 1. The van der Waals surface area contributed by atoms with Crippen LogP contribution in [0.1, 0.15) is 28.4 Å². The molecule has 4 rings (SSSR count). The lowest BCUT2D eigenvalue weighted by molar-refractivity contribution is -0.186. The standard InChI is InChI=1S/C22H17F5N4O3/c1-13-21(10-30-12-28-11-29-30,17-7-6-16(23)8-18(17)24)34-19(32)9-31(13)20(33)14-2-4-15(5-3-14)22(25,26)27/h2-8,11-13H,9-10H2,1H3/t13-,21-/m1/s1. The number of esters is 1. The summed E-state index contributed by atoms with van der Waals surface area (Å²) in [6, 6.07) is 5.19. The molecule has 0 aliphatic carbocycles. The molecular formula is C22H17F5N4O3. The number of aromatic nitrogens is 3. The van der Waals surface area contributed by atoms with E-state index in [1.54, 1.807) is 0 Å². The second-order valence-electron chi connectivity index (χ2n) is 7.76. The molecule has 2 heterocycles. The van der Waals surface area contributed by atoms with E-state index in [1.165, 1.54) is 24.3 Å². The first-order valence-corrected chi connectivity index (χ1v) is 9.99. The maximum atomic E-state index is 14.9. The van der Waals surface area contributed by atoms with Gasteiger partial charge in [-0.2, -0.15) is 18.3 Å². The fourth-order valence-electron chi connectivity index (χ4n) is 3.98. The topological polar surface area (TPSA) is 77.3 Å². The van der Waals surface area contributed by atoms with Gasteiger partial charge in [0.05, 0.1) is 18.2 Å². The predicted molar refractivity (Wildman–Crippen MR) is 106 cm³/mol. The molecule has 0 N–H and O–H groups in total. The molecule has 7 nitrogen and oxygen atoms in total. The largest absolute Gasteiger partial charge is 0.449 e. The van der Waals surface area contributed by atoms with Gasteiger partial charge in [-0.05, 0) is 43.3 Å². The van der Waals surface area contributed by atoms with Crippen molar-refractivity contribution in [1.29, 1.82) is 0 Å². The summed E-state index contributed by atoms with van der Waals surface area (Å²) in [4.78, 5) is 30.7. The summed E-state index contributed by atoms with van der Waals surface area (Å²) in [6.07, 6.45) is -2.09. The highest BCUT2D eigenvalue weighted by Crippen LogP contribution is 2.40. The normalized spacial score (nSPS) is 20.8. The van der Waals surface area contributed by atoms with Crippen molar-refractivity contribution in [3.05, 3.63) is 83.4 Å². The fourth-order valence-corrected chi connectivity index (χ4v) is 3.98. The Bertz CT molecular complexity index is 1210. The van der Waals surface area contributed by atoms with Crippen LogP contribution in [0.2, 0.25) is 0 Å². The lowest BCUT2D eigenvalue weighted by Gasteiger charge is -2.47. The molecule has 0 saturated carbocycles. The number of halogens is 5. The van der Waals surface area contributed by atoms with E-state index < -0.39 is 53.4 Å². The number of morpholine rings is 1. The van der Waals surface area contributed by atoms with Crippen LogP contribution in [0.25, 0.3) is 0 Å². The highest BCUT2D eigenvalue weighted by molar-refractivity contribution is 5.96. The van der Waals surface area contributed by atoms with Crippen LogP contribution in [0.5, 0.6) is 0 Å². The van der Waals surface area contributed by atoms with Crippen molar-refractivity contribution in [2.75, 3.05) is 6.54 Å². The van der Waals surface area contributed by atoms with Crippen LogP contribution in [-0.4, -0.2) is 44.1 Å². The number of benzene rings is 2. The fraction of sp³-hybridized carbons (Fsp3) is 0.273. The first-order chi connectivity index (χ1) is 16.0. The molecule has 2 aromatic carbocycles. The number of carbonyl (C=O) groups excluding carboxylic acids is 2. The Morgan fingerprint density at radius 3 is 2.47 bits per heavy atom. The summed E-state index contributed by atoms with van der Waals surface area (Å²) in [5.74, 6) is -3.52. The van der Waals surface area contributed by atoms with Crippen LogP contribution in [0, 0.1) is 11.6 Å². The number of cyclic esters (lactones) is 1. The molecule has 1 amide bonds. The lowest BCUT2D eigenvalue weighted by Crippen LogP contribution is -2.61. The van der Waals surface area contributed by atoms with Crippen molar-refractivity contribution in [1.82, 2.24) is 19.7 Å². The Balaban J connectivity index is 1.77. The predicted octanol–water partition coefficient (Wildman–Crippen LogP) is 3.56. The monoisotopic (exact) mass is 480 g/mol. The number of nitrogens with zero attached hydrogens (tertiary/aromatic N) is 4. The smallest absolute Gasteiger partial charge is 0.416 e. The Kier molecular flexibility index (Phi) is 5.84. The van der Waals surface area contributed by atoms with Gasteiger partial charge in [0.25, 0.3) is 5.91 Å². The Morgan fingerprint density at radius 1 is 1.18 bits per heavy atom. The van der Waals surface area contributed by atoms with Crippen molar-refractivity contribution < 1.29 is 36.3 Å². The molecule has 34 heavy (non-hydrogen) atoms. The van der Waals surface area contributed by atoms with E-state index in [1.807, 2.05) is 0 Å². The number of carbonyl (C=O) groups is 2. The third kappa shape index (κ3) is 4.22. The van der Waals surface area contributed by atoms with E-state index in [0.29, 0.717) is 6.07 Å². The number of alkyl halides is 3. The number of hydrogen-bond donors (Lipinski definition) is 0. The molecule has 1 aromatic heterocycles. The van der Waals surface area contributed by atoms with Gasteiger partial charge in [0.15, 0.2) is 5.60 Å². The quantitative estimate of drug-likeness (QED) is 0.422. The Labute approximate surface area is 189 Å². The van der Waals surface area contributed by atoms with Crippen LogP contribution < -0.4 is 0 Å². The minimum atomic E-state index is -4.59. The van der Waals surface area contributed by atoms with Gasteiger partial charge in [0.2, 0.25) is 0 Å². The average Bonchev–Trinajstić information content (AvgIpc) is 3.28. The van der Waals surface area contributed by atoms with Crippen LogP contribution in [0.3, 0.4) is 0 Å². The highest BCUT2D eigenvalue weighted by Gasteiger charge is 2.52. The molecule has 0 unspecified atom stereocenters. The Morgan fingerprint density at radius 2 is 1.88 bits per heavy atom. The second-order valence-corrected chi connectivity index (χ2v) is 7.76. The molecule has 12 heteroatoms. The summed E-state index contributed by atoms with van der Waals surface area (Å²) in [7, 11) is 0. The zero-order chi connectivity index (χ0) is 24.7. The summed E-state index contributed by atoms with van der Waals surface area (Å²) in [5, 5.41) is 3.96. The van der Waals surface area contributed by atoms with Gasteiger partial charge >= 0.3 is 12.1 Å². The molecule has 0 radical (unpaired) electrons. The first-order valence-electron chi connectivity index (χ1n) is 9.99. The third-order valence-corrected chi connectivity index (χ3v) is 5.71. The van der Waals surface area contributed by atoms with Crippen LogP contribution in [0.15, 0.2) is 55.1 Å². The first kappa shape index (κ1) is 23.3. The summed E-state index contributed by atoms with van der Waals surface area (Å²) < 4.78 is 74.1. The molecule has 1 aliphatic rings. The summed E-state index contributed by atoms with van der Waals surface area (Å²) in [6.45, 7) is 0.705. The molecule has 1 saturated heterocycles. The van der Waals surface area contributed by atoms with Crippen molar-refractivity contribution in [2.24, 2.45) is 0 Å². The van der Waals surface area contributed by atoms with Crippen molar-refractivity contribution in [3.8, 4) is 0 Å². The molecule has 2 atom stereocenters. The van der Waals surface area contributed by atoms with Crippen molar-refractivity contribution in [3.63, 3.8) is 0 Å². The lowest BCUT2D eigenvalue weighted by atomic mass is 9.83. The highest BCUT2D eigenvalue weighted by atomic mass is 19.4. The number of hydrogen-bond acceptors (Lipinski definition) is 5. The van der Waals surface area contributed by atoms with E-state index in [-0.39, 0.29) is 17.7 Å².